The number of benzene rings is 1. The minimum atomic E-state index is -0.398. The minimum absolute atomic E-state index is 0.113. The van der Waals surface area contributed by atoms with E-state index in [2.05, 4.69) is 18.7 Å². The first-order chi connectivity index (χ1) is 15.6. The lowest BCUT2D eigenvalue weighted by Gasteiger charge is -2.35. The molecule has 174 valence electrons. The highest BCUT2D eigenvalue weighted by Crippen LogP contribution is 2.47. The largest absolute Gasteiger partial charge is 0.494 e. The Kier molecular flexibility index (Phi) is 7.19. The lowest BCUT2D eigenvalue weighted by molar-refractivity contribution is -0.135. The van der Waals surface area contributed by atoms with E-state index in [1.165, 1.54) is 0 Å². The second-order valence-corrected chi connectivity index (χ2v) is 8.94. The maximum absolute atomic E-state index is 13.6. The predicted molar refractivity (Wildman–Crippen MR) is 123 cm³/mol. The number of hydrogen-bond donors (Lipinski definition) is 0. The van der Waals surface area contributed by atoms with Crippen LogP contribution in [0.3, 0.4) is 0 Å². The first-order valence-electron chi connectivity index (χ1n) is 12.3. The number of amides is 1. The second kappa shape index (κ2) is 10.1. The lowest BCUT2D eigenvalue weighted by atomic mass is 9.77. The Morgan fingerprint density at radius 2 is 1.91 bits per heavy atom. The van der Waals surface area contributed by atoms with Crippen molar-refractivity contribution in [2.75, 3.05) is 32.8 Å². The van der Waals surface area contributed by atoms with Crippen LogP contribution in [0.1, 0.15) is 64.5 Å². The number of carbonyl (C=O) groups excluding carboxylic acids is 2. The lowest BCUT2D eigenvalue weighted by Crippen LogP contribution is -2.39. The summed E-state index contributed by atoms with van der Waals surface area (Å²) < 4.78 is 12.0. The molecule has 0 bridgehead atoms. The van der Waals surface area contributed by atoms with Crippen LogP contribution in [0.25, 0.3) is 0 Å². The van der Waals surface area contributed by atoms with Gasteiger partial charge < -0.3 is 19.3 Å². The molecular weight excluding hydrogens is 404 g/mol. The first kappa shape index (κ1) is 22.8. The molecule has 6 nitrogen and oxygen atoms in total. The van der Waals surface area contributed by atoms with Gasteiger partial charge in [-0.3, -0.25) is 9.59 Å². The molecular formula is C26H36N2O4. The zero-order valence-electron chi connectivity index (χ0n) is 19.6. The summed E-state index contributed by atoms with van der Waals surface area (Å²) >= 11 is 0. The molecule has 32 heavy (non-hydrogen) atoms. The van der Waals surface area contributed by atoms with E-state index in [9.17, 15) is 9.59 Å². The van der Waals surface area contributed by atoms with Gasteiger partial charge in [0.25, 0.3) is 5.91 Å². The fraction of sp³-hybridized carbons (Fsp3) is 0.615. The minimum Gasteiger partial charge on any atom is -0.494 e. The van der Waals surface area contributed by atoms with Crippen LogP contribution in [0.4, 0.5) is 0 Å². The molecule has 1 fully saturated rings. The normalized spacial score (nSPS) is 25.1. The molecule has 0 spiro atoms. The van der Waals surface area contributed by atoms with Crippen molar-refractivity contribution in [1.82, 2.24) is 9.80 Å². The highest BCUT2D eigenvalue weighted by Gasteiger charge is 2.51. The number of ether oxygens (including phenoxy) is 2. The van der Waals surface area contributed by atoms with Gasteiger partial charge in [-0.05, 0) is 69.9 Å². The molecule has 2 heterocycles. The van der Waals surface area contributed by atoms with Crippen LogP contribution in [0.5, 0.6) is 5.75 Å². The van der Waals surface area contributed by atoms with Crippen molar-refractivity contribution in [3.8, 4) is 5.75 Å². The molecule has 3 unspecified atom stereocenters. The van der Waals surface area contributed by atoms with Crippen molar-refractivity contribution in [3.63, 3.8) is 0 Å². The number of Topliss-reactive ketones (excluding diaryl/α,β-unsaturated/α-hetero) is 1. The molecule has 4 rings (SSSR count). The van der Waals surface area contributed by atoms with E-state index in [0.717, 1.165) is 63.1 Å². The smallest absolute Gasteiger partial charge is 0.290 e. The molecule has 3 aliphatic rings. The number of rotatable bonds is 9. The highest BCUT2D eigenvalue weighted by molar-refractivity contribution is 6.11. The number of carbonyl (C=O) groups is 2. The third-order valence-electron chi connectivity index (χ3n) is 7.11. The fourth-order valence-corrected chi connectivity index (χ4v) is 5.42. The fourth-order valence-electron chi connectivity index (χ4n) is 5.42. The summed E-state index contributed by atoms with van der Waals surface area (Å²) in [5, 5.41) is 0. The molecule has 1 aromatic rings. The summed E-state index contributed by atoms with van der Waals surface area (Å²) in [4.78, 5) is 31.4. The number of fused-ring (bicyclic) bond motifs is 1. The average molecular weight is 441 g/mol. The van der Waals surface area contributed by atoms with Gasteiger partial charge in [-0.1, -0.05) is 32.4 Å². The molecule has 1 aromatic carbocycles. The van der Waals surface area contributed by atoms with Crippen LogP contribution in [-0.2, 0) is 14.3 Å². The second-order valence-electron chi connectivity index (χ2n) is 8.94. The Labute approximate surface area is 191 Å². The van der Waals surface area contributed by atoms with Crippen LogP contribution in [-0.4, -0.2) is 60.4 Å². The molecule has 1 saturated carbocycles. The summed E-state index contributed by atoms with van der Waals surface area (Å²) in [6.07, 6.45) is 4.51. The quantitative estimate of drug-likeness (QED) is 0.578. The summed E-state index contributed by atoms with van der Waals surface area (Å²) in [7, 11) is 0. The van der Waals surface area contributed by atoms with Crippen molar-refractivity contribution in [3.05, 3.63) is 41.2 Å². The van der Waals surface area contributed by atoms with Gasteiger partial charge in [0.05, 0.1) is 24.1 Å². The topological polar surface area (TPSA) is 59.1 Å². The van der Waals surface area contributed by atoms with Crippen molar-refractivity contribution in [2.24, 2.45) is 5.92 Å². The number of hydrogen-bond acceptors (Lipinski definition) is 5. The molecule has 3 atom stereocenters. The monoisotopic (exact) mass is 440 g/mol. The van der Waals surface area contributed by atoms with Gasteiger partial charge in [-0.15, -0.1) is 0 Å². The van der Waals surface area contributed by atoms with Crippen molar-refractivity contribution in [2.45, 2.75) is 65.0 Å². The Morgan fingerprint density at radius 3 is 2.66 bits per heavy atom. The van der Waals surface area contributed by atoms with Crippen LogP contribution >= 0.6 is 0 Å². The van der Waals surface area contributed by atoms with Gasteiger partial charge in [0, 0.05) is 6.54 Å². The molecule has 1 aliphatic carbocycles. The van der Waals surface area contributed by atoms with E-state index < -0.39 is 6.04 Å². The molecule has 2 aliphatic heterocycles. The van der Waals surface area contributed by atoms with Gasteiger partial charge in [0.2, 0.25) is 0 Å². The van der Waals surface area contributed by atoms with Crippen LogP contribution in [0.15, 0.2) is 35.6 Å². The van der Waals surface area contributed by atoms with Crippen molar-refractivity contribution < 1.29 is 19.1 Å². The third-order valence-corrected chi connectivity index (χ3v) is 7.11. The van der Waals surface area contributed by atoms with E-state index in [1.807, 2.05) is 36.1 Å². The van der Waals surface area contributed by atoms with E-state index in [1.54, 1.807) is 0 Å². The summed E-state index contributed by atoms with van der Waals surface area (Å²) in [5.74, 6) is 0.914. The van der Waals surface area contributed by atoms with Gasteiger partial charge in [-0.25, -0.2) is 0 Å². The van der Waals surface area contributed by atoms with Crippen molar-refractivity contribution in [1.29, 1.82) is 0 Å². The molecule has 0 saturated heterocycles. The standard InChI is InChI=1S/C26H36N2O4/c1-4-27(5-2)15-10-16-28-23(18-11-9-12-19(17-18)31-6-3)22-24(29)20-13-7-8-14-21(20)32-25(22)26(28)30/h9,11-12,17,20-21,23H,4-8,10,13-16H2,1-3H3. The summed E-state index contributed by atoms with van der Waals surface area (Å²) in [6.45, 7) is 10.3. The maximum atomic E-state index is 13.6. The first-order valence-corrected chi connectivity index (χ1v) is 12.3. The molecule has 6 heteroatoms. The Morgan fingerprint density at radius 1 is 1.12 bits per heavy atom. The average Bonchev–Trinajstić information content (AvgIpc) is 3.09. The third kappa shape index (κ3) is 4.29. The van der Waals surface area contributed by atoms with E-state index in [0.29, 0.717) is 24.5 Å². The van der Waals surface area contributed by atoms with Crippen molar-refractivity contribution >= 4 is 11.7 Å². The number of ketones is 1. The number of nitrogens with zero attached hydrogens (tertiary/aromatic N) is 2. The highest BCUT2D eigenvalue weighted by atomic mass is 16.5. The molecule has 0 N–H and O–H groups in total. The Hall–Kier alpha value is -2.34. The predicted octanol–water partition coefficient (Wildman–Crippen LogP) is 4.11. The van der Waals surface area contributed by atoms with Crippen LogP contribution in [0, 0.1) is 5.92 Å². The molecule has 1 amide bonds. The summed E-state index contributed by atoms with van der Waals surface area (Å²) in [6, 6.07) is 7.42. The SMILES string of the molecule is CCOc1cccc(C2C3=C(OC4CCCCC4C3=O)C(=O)N2CCCN(CC)CC)c1. The maximum Gasteiger partial charge on any atom is 0.290 e. The van der Waals surface area contributed by atoms with E-state index in [4.69, 9.17) is 9.47 Å². The molecule has 0 aromatic heterocycles. The van der Waals surface area contributed by atoms with E-state index >= 15 is 0 Å². The van der Waals surface area contributed by atoms with Crippen LogP contribution < -0.4 is 4.74 Å². The van der Waals surface area contributed by atoms with Gasteiger partial charge >= 0.3 is 0 Å². The summed E-state index contributed by atoms with van der Waals surface area (Å²) in [5.41, 5.74) is 1.48. The van der Waals surface area contributed by atoms with Crippen LogP contribution in [0.2, 0.25) is 0 Å². The zero-order valence-corrected chi connectivity index (χ0v) is 19.6. The Bertz CT molecular complexity index is 876. The zero-order chi connectivity index (χ0) is 22.7. The molecule has 0 radical (unpaired) electrons. The Balaban J connectivity index is 1.66. The van der Waals surface area contributed by atoms with Gasteiger partial charge in [0.15, 0.2) is 11.5 Å². The van der Waals surface area contributed by atoms with Gasteiger partial charge in [0.1, 0.15) is 11.9 Å². The van der Waals surface area contributed by atoms with E-state index in [-0.39, 0.29) is 23.7 Å². The van der Waals surface area contributed by atoms with Gasteiger partial charge in [-0.2, -0.15) is 0 Å².